The second-order valence-electron chi connectivity index (χ2n) is 9.72. The van der Waals surface area contributed by atoms with Gasteiger partial charge in [0, 0.05) is 13.1 Å². The van der Waals surface area contributed by atoms with E-state index in [1.165, 1.54) is 29.2 Å². The highest BCUT2D eigenvalue weighted by atomic mass is 35.5. The highest BCUT2D eigenvalue weighted by Gasteiger charge is 2.22. The monoisotopic (exact) mass is 509 g/mol. The van der Waals surface area contributed by atoms with Gasteiger partial charge in [-0.3, -0.25) is 4.79 Å². The van der Waals surface area contributed by atoms with E-state index in [0.29, 0.717) is 18.1 Å². The van der Waals surface area contributed by atoms with Crippen LogP contribution in [0.1, 0.15) is 36.8 Å². The number of fused-ring (bicyclic) bond motifs is 1. The Balaban J connectivity index is 0.00000361. The minimum Gasteiger partial charge on any atom is -0.508 e. The third kappa shape index (κ3) is 8.51. The average molecular weight is 510 g/mol. The fourth-order valence-electron chi connectivity index (χ4n) is 4.93. The molecule has 194 valence electrons. The van der Waals surface area contributed by atoms with Crippen LogP contribution in [0.5, 0.6) is 5.75 Å². The fraction of sp³-hybridized carbons (Fsp3) is 0.433. The molecule has 1 saturated heterocycles. The molecule has 0 aliphatic carbocycles. The number of hydrogen-bond acceptors (Lipinski definition) is 4. The molecule has 0 radical (unpaired) electrons. The van der Waals surface area contributed by atoms with Gasteiger partial charge in [-0.05, 0) is 98.2 Å². The van der Waals surface area contributed by atoms with Gasteiger partial charge in [0.25, 0.3) is 0 Å². The van der Waals surface area contributed by atoms with Gasteiger partial charge in [-0.1, -0.05) is 54.6 Å². The van der Waals surface area contributed by atoms with Crippen molar-refractivity contribution < 1.29 is 9.90 Å². The first-order chi connectivity index (χ1) is 17.2. The fourth-order valence-corrected chi connectivity index (χ4v) is 4.93. The molecule has 0 spiro atoms. The summed E-state index contributed by atoms with van der Waals surface area (Å²) in [6.45, 7) is 5.87. The van der Waals surface area contributed by atoms with Crippen molar-refractivity contribution in [3.8, 4) is 5.75 Å². The summed E-state index contributed by atoms with van der Waals surface area (Å²) in [4.78, 5) is 15.0. The first kappa shape index (κ1) is 28.0. The molecule has 1 fully saturated rings. The molecule has 36 heavy (non-hydrogen) atoms. The van der Waals surface area contributed by atoms with E-state index >= 15 is 0 Å². The van der Waals surface area contributed by atoms with E-state index in [0.717, 1.165) is 64.1 Å². The van der Waals surface area contributed by atoms with Gasteiger partial charge in [-0.25, -0.2) is 0 Å². The van der Waals surface area contributed by atoms with E-state index in [1.54, 1.807) is 12.1 Å². The van der Waals surface area contributed by atoms with Crippen molar-refractivity contribution in [2.45, 2.75) is 38.5 Å². The number of rotatable bonds is 12. The molecule has 3 aromatic rings. The van der Waals surface area contributed by atoms with Gasteiger partial charge in [0.2, 0.25) is 5.91 Å². The van der Waals surface area contributed by atoms with Crippen molar-refractivity contribution in [1.29, 1.82) is 0 Å². The van der Waals surface area contributed by atoms with E-state index in [4.69, 9.17) is 0 Å². The van der Waals surface area contributed by atoms with E-state index < -0.39 is 0 Å². The molecule has 1 aliphatic rings. The van der Waals surface area contributed by atoms with Gasteiger partial charge < -0.3 is 20.6 Å². The van der Waals surface area contributed by atoms with E-state index in [2.05, 4.69) is 45.9 Å². The number of phenols is 1. The van der Waals surface area contributed by atoms with Crippen molar-refractivity contribution in [2.75, 3.05) is 39.3 Å². The molecule has 1 aliphatic heterocycles. The number of nitrogens with zero attached hydrogens (tertiary/aromatic N) is 1. The normalized spacial score (nSPS) is 14.1. The summed E-state index contributed by atoms with van der Waals surface area (Å²) < 4.78 is 0. The number of carbonyl (C=O) groups is 1. The van der Waals surface area contributed by atoms with Gasteiger partial charge >= 0.3 is 0 Å². The number of amides is 1. The van der Waals surface area contributed by atoms with E-state index in [-0.39, 0.29) is 18.3 Å². The van der Waals surface area contributed by atoms with Crippen LogP contribution in [0.25, 0.3) is 10.8 Å². The average Bonchev–Trinajstić information content (AvgIpc) is 2.89. The lowest BCUT2D eigenvalue weighted by Crippen LogP contribution is -2.41. The minimum absolute atomic E-state index is 0. The maximum atomic E-state index is 12.9. The standard InChI is InChI=1S/C30H39N3O2.ClH/c34-28-12-10-24(11-13-28)14-19-31-17-3-4-18-32-23-25-15-20-33(21-16-25)30(35)22-27-8-5-7-26-6-1-2-9-29(26)27;/h1-2,5-13,25,31-32,34H,3-4,14-23H2;1H. The Morgan fingerprint density at radius 3 is 2.33 bits per heavy atom. The number of likely N-dealkylation sites (tertiary alicyclic amines) is 1. The summed E-state index contributed by atoms with van der Waals surface area (Å²) >= 11 is 0. The third-order valence-electron chi connectivity index (χ3n) is 7.11. The number of benzene rings is 3. The maximum Gasteiger partial charge on any atom is 0.227 e. The van der Waals surface area contributed by atoms with E-state index in [9.17, 15) is 9.90 Å². The lowest BCUT2D eigenvalue weighted by molar-refractivity contribution is -0.131. The number of nitrogens with one attached hydrogen (secondary N) is 2. The molecule has 3 aromatic carbocycles. The molecule has 0 saturated carbocycles. The molecule has 4 rings (SSSR count). The summed E-state index contributed by atoms with van der Waals surface area (Å²) in [5.41, 5.74) is 2.38. The van der Waals surface area contributed by atoms with Crippen LogP contribution in [0.15, 0.2) is 66.7 Å². The van der Waals surface area contributed by atoms with Gasteiger partial charge in [-0.15, -0.1) is 12.4 Å². The molecular weight excluding hydrogens is 470 g/mol. The summed E-state index contributed by atoms with van der Waals surface area (Å²) in [7, 11) is 0. The second kappa shape index (κ2) is 14.8. The van der Waals surface area contributed by atoms with Crippen molar-refractivity contribution in [2.24, 2.45) is 5.92 Å². The van der Waals surface area contributed by atoms with Crippen LogP contribution in [0.4, 0.5) is 0 Å². The van der Waals surface area contributed by atoms with Gasteiger partial charge in [0.15, 0.2) is 0 Å². The smallest absolute Gasteiger partial charge is 0.227 e. The first-order valence-corrected chi connectivity index (χ1v) is 13.1. The predicted octanol–water partition coefficient (Wildman–Crippen LogP) is 4.95. The first-order valence-electron chi connectivity index (χ1n) is 13.1. The van der Waals surface area contributed by atoms with E-state index in [1.807, 2.05) is 24.3 Å². The van der Waals surface area contributed by atoms with Crippen LogP contribution in [0, 0.1) is 5.92 Å². The van der Waals surface area contributed by atoms with Gasteiger partial charge in [-0.2, -0.15) is 0 Å². The molecule has 3 N–H and O–H groups in total. The van der Waals surface area contributed by atoms with Crippen LogP contribution < -0.4 is 10.6 Å². The highest BCUT2D eigenvalue weighted by molar-refractivity contribution is 5.90. The topological polar surface area (TPSA) is 64.6 Å². The van der Waals surface area contributed by atoms with Crippen molar-refractivity contribution in [3.63, 3.8) is 0 Å². The number of unbranched alkanes of at least 4 members (excludes halogenated alkanes) is 1. The number of piperidine rings is 1. The number of phenolic OH excluding ortho intramolecular Hbond substituents is 1. The predicted molar refractivity (Wildman–Crippen MR) is 151 cm³/mol. The third-order valence-corrected chi connectivity index (χ3v) is 7.11. The molecule has 6 heteroatoms. The number of carbonyl (C=O) groups excluding carboxylic acids is 1. The lowest BCUT2D eigenvalue weighted by atomic mass is 9.95. The molecule has 5 nitrogen and oxygen atoms in total. The Morgan fingerprint density at radius 1 is 0.861 bits per heavy atom. The summed E-state index contributed by atoms with van der Waals surface area (Å²) in [5, 5.41) is 18.8. The zero-order valence-corrected chi connectivity index (χ0v) is 21.9. The SMILES string of the molecule is Cl.O=C(Cc1cccc2ccccc12)N1CCC(CNCCCCNCCc2ccc(O)cc2)CC1. The van der Waals surface area contributed by atoms with Gasteiger partial charge in [0.1, 0.15) is 5.75 Å². The second-order valence-corrected chi connectivity index (χ2v) is 9.72. The molecular formula is C30H40ClN3O2. The zero-order valence-electron chi connectivity index (χ0n) is 21.1. The van der Waals surface area contributed by atoms with Crippen LogP contribution >= 0.6 is 12.4 Å². The highest BCUT2D eigenvalue weighted by Crippen LogP contribution is 2.21. The summed E-state index contributed by atoms with van der Waals surface area (Å²) in [6.07, 6.45) is 6.01. The Kier molecular flexibility index (Phi) is 11.5. The molecule has 0 aromatic heterocycles. The quantitative estimate of drug-likeness (QED) is 0.302. The Bertz CT molecular complexity index is 1060. The Hall–Kier alpha value is -2.60. The van der Waals surface area contributed by atoms with Crippen LogP contribution in [-0.4, -0.2) is 55.2 Å². The van der Waals surface area contributed by atoms with Crippen LogP contribution in [-0.2, 0) is 17.6 Å². The summed E-state index contributed by atoms with van der Waals surface area (Å²) in [5.74, 6) is 1.25. The van der Waals surface area contributed by atoms with Crippen LogP contribution in [0.3, 0.4) is 0 Å². The minimum atomic E-state index is 0. The molecule has 0 unspecified atom stereocenters. The van der Waals surface area contributed by atoms with Crippen molar-refractivity contribution >= 4 is 29.1 Å². The Morgan fingerprint density at radius 2 is 1.56 bits per heavy atom. The number of aromatic hydroxyl groups is 1. The zero-order chi connectivity index (χ0) is 24.3. The molecule has 0 atom stereocenters. The largest absolute Gasteiger partial charge is 0.508 e. The van der Waals surface area contributed by atoms with Crippen molar-refractivity contribution in [1.82, 2.24) is 15.5 Å². The molecule has 1 amide bonds. The maximum absolute atomic E-state index is 12.9. The van der Waals surface area contributed by atoms with Crippen molar-refractivity contribution in [3.05, 3.63) is 77.9 Å². The Labute approximate surface area is 221 Å². The van der Waals surface area contributed by atoms with Crippen LogP contribution in [0.2, 0.25) is 0 Å². The molecule has 0 bridgehead atoms. The molecule has 1 heterocycles. The number of hydrogen-bond donors (Lipinski definition) is 3. The lowest BCUT2D eigenvalue weighted by Gasteiger charge is -2.32. The summed E-state index contributed by atoms with van der Waals surface area (Å²) in [6, 6.07) is 22.0. The van der Waals surface area contributed by atoms with Gasteiger partial charge in [0.05, 0.1) is 6.42 Å². The number of halogens is 1.